The molecule has 0 aliphatic heterocycles. The van der Waals surface area contributed by atoms with Gasteiger partial charge in [0.15, 0.2) is 0 Å². The maximum absolute atomic E-state index is 12.1. The Morgan fingerprint density at radius 1 is 1.05 bits per heavy atom. The van der Waals surface area contributed by atoms with Gasteiger partial charge in [0, 0.05) is 0 Å². The highest BCUT2D eigenvalue weighted by molar-refractivity contribution is 8.07. The summed E-state index contributed by atoms with van der Waals surface area (Å²) in [5.74, 6) is 0. The van der Waals surface area contributed by atoms with Crippen LogP contribution in [-0.4, -0.2) is 22.3 Å². The average molecular weight is 331 g/mol. The van der Waals surface area contributed by atoms with Gasteiger partial charge in [0.25, 0.3) is 10.0 Å². The molecule has 1 N–H and O–H groups in total. The number of rotatable bonds is 6. The van der Waals surface area contributed by atoms with Crippen molar-refractivity contribution in [1.29, 1.82) is 0 Å². The number of nitrogens with one attached hydrogen (secondary N) is 1. The third-order valence-electron chi connectivity index (χ3n) is 1.87. The van der Waals surface area contributed by atoms with E-state index in [-0.39, 0.29) is 0 Å². The second-order valence-corrected chi connectivity index (χ2v) is 7.04. The van der Waals surface area contributed by atoms with Crippen molar-refractivity contribution in [2.75, 3.05) is 0 Å². The number of hydrogen-bond donors (Lipinski definition) is 1. The van der Waals surface area contributed by atoms with Crippen LogP contribution in [0.25, 0.3) is 0 Å². The summed E-state index contributed by atoms with van der Waals surface area (Å²) < 4.78 is 81.6. The van der Waals surface area contributed by atoms with Crippen LogP contribution in [0.1, 0.15) is 6.92 Å². The molecule has 20 heavy (non-hydrogen) atoms. The van der Waals surface area contributed by atoms with Crippen LogP contribution in [0, 0.1) is 0 Å². The van der Waals surface area contributed by atoms with Crippen molar-refractivity contribution in [3.8, 4) is 0 Å². The third-order valence-corrected chi connectivity index (χ3v) is 5.16. The van der Waals surface area contributed by atoms with E-state index in [9.17, 15) is 30.0 Å². The molecule has 0 unspecified atom stereocenters. The summed E-state index contributed by atoms with van der Waals surface area (Å²) in [7, 11) is -10.9. The maximum Gasteiger partial charge on any atom is 0.512 e. The number of allylic oxidation sites excluding steroid dienone is 5. The predicted octanol–water partition coefficient (Wildman–Crippen LogP) is 1.96. The van der Waals surface area contributed by atoms with Crippen molar-refractivity contribution < 1.29 is 30.0 Å². The van der Waals surface area contributed by atoms with E-state index in [1.54, 1.807) is 6.92 Å². The minimum absolute atomic E-state index is 0.512. The first-order valence-corrected chi connectivity index (χ1v) is 7.82. The van der Waals surface area contributed by atoms with E-state index in [0.717, 1.165) is 6.08 Å². The van der Waals surface area contributed by atoms with Crippen molar-refractivity contribution in [2.24, 2.45) is 0 Å². The Morgan fingerprint density at radius 3 is 1.90 bits per heavy atom. The summed E-state index contributed by atoms with van der Waals surface area (Å²) in [6.45, 7) is 8.04. The fourth-order valence-electron chi connectivity index (χ4n) is 0.789. The highest BCUT2D eigenvalue weighted by atomic mass is 32.3. The van der Waals surface area contributed by atoms with Crippen LogP contribution in [0.15, 0.2) is 47.9 Å². The summed E-state index contributed by atoms with van der Waals surface area (Å²) in [5.41, 5.74) is -5.22. The number of alkyl halides is 3. The van der Waals surface area contributed by atoms with Crippen LogP contribution in [-0.2, 0) is 20.0 Å². The molecule has 0 fully saturated rings. The third kappa shape index (κ3) is 4.94. The first kappa shape index (κ1) is 18.6. The van der Waals surface area contributed by atoms with E-state index in [0.29, 0.717) is 15.8 Å². The van der Waals surface area contributed by atoms with Crippen molar-refractivity contribution in [3.05, 3.63) is 47.9 Å². The largest absolute Gasteiger partial charge is 0.512 e. The average Bonchev–Trinajstić information content (AvgIpc) is 2.25. The van der Waals surface area contributed by atoms with Gasteiger partial charge in [-0.05, 0) is 19.1 Å². The summed E-state index contributed by atoms with van der Waals surface area (Å²) >= 11 is 0. The molecule has 0 atom stereocenters. The van der Waals surface area contributed by atoms with Crippen LogP contribution >= 0.6 is 0 Å². The van der Waals surface area contributed by atoms with Gasteiger partial charge in [-0.1, -0.05) is 35.0 Å². The molecular weight excluding hydrogens is 319 g/mol. The van der Waals surface area contributed by atoms with E-state index in [2.05, 4.69) is 13.2 Å². The van der Waals surface area contributed by atoms with Gasteiger partial charge in [-0.25, -0.2) is 16.8 Å². The van der Waals surface area contributed by atoms with E-state index in [4.69, 9.17) is 0 Å². The molecule has 0 aromatic carbocycles. The molecule has 0 spiro atoms. The zero-order valence-electron chi connectivity index (χ0n) is 10.3. The van der Waals surface area contributed by atoms with Crippen molar-refractivity contribution >= 4 is 20.0 Å². The van der Waals surface area contributed by atoms with Crippen molar-refractivity contribution in [1.82, 2.24) is 4.13 Å². The topological polar surface area (TPSA) is 80.3 Å². The van der Waals surface area contributed by atoms with Crippen LogP contribution < -0.4 is 4.13 Å². The van der Waals surface area contributed by atoms with Gasteiger partial charge >= 0.3 is 15.5 Å². The Labute approximate surface area is 115 Å². The Hall–Kier alpha value is -1.39. The van der Waals surface area contributed by atoms with Crippen LogP contribution in [0.5, 0.6) is 0 Å². The van der Waals surface area contributed by atoms with Gasteiger partial charge in [0.2, 0.25) is 0 Å². The normalized spacial score (nSPS) is 15.0. The molecule has 0 aromatic heterocycles. The predicted molar refractivity (Wildman–Crippen MR) is 69.3 cm³/mol. The molecule has 5 nitrogen and oxygen atoms in total. The molecule has 0 heterocycles. The van der Waals surface area contributed by atoms with Crippen LogP contribution in [0.4, 0.5) is 13.2 Å². The molecule has 0 aliphatic rings. The summed E-state index contributed by atoms with van der Waals surface area (Å²) in [5, 5.41) is 0. The molecule has 0 saturated heterocycles. The summed E-state index contributed by atoms with van der Waals surface area (Å²) in [4.78, 5) is -0.730. The van der Waals surface area contributed by atoms with E-state index in [1.165, 1.54) is 12.2 Å². The molecule has 0 saturated carbocycles. The summed E-state index contributed by atoms with van der Waals surface area (Å²) in [6.07, 6.45) is 4.20. The van der Waals surface area contributed by atoms with Gasteiger partial charge in [0.05, 0.1) is 4.91 Å². The van der Waals surface area contributed by atoms with Gasteiger partial charge in [-0.3, -0.25) is 0 Å². The Morgan fingerprint density at radius 2 is 1.55 bits per heavy atom. The molecule has 10 heteroatoms. The Kier molecular flexibility index (Phi) is 5.93. The fourth-order valence-corrected chi connectivity index (χ4v) is 3.17. The summed E-state index contributed by atoms with van der Waals surface area (Å²) in [6, 6.07) is 0. The van der Waals surface area contributed by atoms with E-state index in [1.807, 2.05) is 0 Å². The molecule has 0 radical (unpaired) electrons. The van der Waals surface area contributed by atoms with Gasteiger partial charge in [-0.15, -0.1) is 0 Å². The fraction of sp³-hybridized carbons (Fsp3) is 0.200. The molecular formula is C10H12F3NO4S2. The quantitative estimate of drug-likeness (QED) is 0.755. The Balaban J connectivity index is 5.65. The standard InChI is InChI=1S/C10H12F3NO4S2/c1-4-8(3)6-7-9(5-2)19(15,16)14-20(17,18)10(11,12)13/h4-7,14H,1-2H2,3H3. The molecule has 0 amide bonds. The van der Waals surface area contributed by atoms with E-state index < -0.39 is 30.5 Å². The van der Waals surface area contributed by atoms with E-state index >= 15 is 0 Å². The molecule has 0 rings (SSSR count). The zero-order valence-corrected chi connectivity index (χ0v) is 11.9. The lowest BCUT2D eigenvalue weighted by Gasteiger charge is -2.10. The minimum Gasteiger partial charge on any atom is -0.206 e. The highest BCUT2D eigenvalue weighted by Gasteiger charge is 2.48. The van der Waals surface area contributed by atoms with Gasteiger partial charge in [0.1, 0.15) is 0 Å². The SMILES string of the molecule is C=CC(C)=CC=C(C=C)S(=O)(=O)NS(=O)(=O)C(F)(F)F. The second kappa shape index (κ2) is 6.37. The maximum atomic E-state index is 12.1. The first-order chi connectivity index (χ1) is 8.87. The smallest absolute Gasteiger partial charge is 0.206 e. The first-order valence-electron chi connectivity index (χ1n) is 4.85. The van der Waals surface area contributed by atoms with Gasteiger partial charge in [-0.2, -0.15) is 13.2 Å². The lowest BCUT2D eigenvalue weighted by Crippen LogP contribution is -2.40. The van der Waals surface area contributed by atoms with Crippen LogP contribution in [0.2, 0.25) is 0 Å². The van der Waals surface area contributed by atoms with Gasteiger partial charge < -0.3 is 0 Å². The monoisotopic (exact) mass is 331 g/mol. The minimum atomic E-state index is -6.02. The molecule has 0 aromatic rings. The molecule has 0 bridgehead atoms. The number of hydrogen-bond acceptors (Lipinski definition) is 4. The highest BCUT2D eigenvalue weighted by Crippen LogP contribution is 2.23. The lowest BCUT2D eigenvalue weighted by molar-refractivity contribution is -0.0441. The van der Waals surface area contributed by atoms with Crippen molar-refractivity contribution in [2.45, 2.75) is 12.4 Å². The van der Waals surface area contributed by atoms with Crippen molar-refractivity contribution in [3.63, 3.8) is 0 Å². The molecule has 114 valence electrons. The zero-order chi connectivity index (χ0) is 16.2. The second-order valence-electron chi connectivity index (χ2n) is 3.42. The lowest BCUT2D eigenvalue weighted by atomic mass is 10.3. The number of sulfonamides is 2. The Bertz CT molecular complexity index is 655. The molecule has 0 aliphatic carbocycles. The van der Waals surface area contributed by atoms with Crippen LogP contribution in [0.3, 0.4) is 0 Å². The number of halogens is 3.